The van der Waals surface area contributed by atoms with Crippen LogP contribution in [0.5, 0.6) is 0 Å². The average Bonchev–Trinajstić information content (AvgIpc) is 3.09. The molecule has 0 bridgehead atoms. The first-order valence-electron chi connectivity index (χ1n) is 9.10. The third kappa shape index (κ3) is 7.50. The SMILES string of the molecule is CCOC(=O)c1csc(CCCN(CCCc2cccc(Cl)c2)S(C)(=O)=O)n1. The molecule has 0 aliphatic rings. The Kier molecular flexibility index (Phi) is 8.88. The number of thiazole rings is 1. The summed E-state index contributed by atoms with van der Waals surface area (Å²) in [4.78, 5) is 15.9. The van der Waals surface area contributed by atoms with E-state index in [1.54, 1.807) is 12.3 Å². The van der Waals surface area contributed by atoms with E-state index < -0.39 is 16.0 Å². The minimum absolute atomic E-state index is 0.309. The van der Waals surface area contributed by atoms with Crippen molar-refractivity contribution >= 4 is 38.9 Å². The van der Waals surface area contributed by atoms with Crippen molar-refractivity contribution in [1.82, 2.24) is 9.29 Å². The lowest BCUT2D eigenvalue weighted by atomic mass is 10.1. The number of benzene rings is 1. The summed E-state index contributed by atoms with van der Waals surface area (Å²) < 4.78 is 30.6. The summed E-state index contributed by atoms with van der Waals surface area (Å²) in [5.74, 6) is -0.427. The fraction of sp³-hybridized carbons (Fsp3) is 0.474. The van der Waals surface area contributed by atoms with Gasteiger partial charge in [0.25, 0.3) is 0 Å². The summed E-state index contributed by atoms with van der Waals surface area (Å²) >= 11 is 7.37. The van der Waals surface area contributed by atoms with Crippen LogP contribution >= 0.6 is 22.9 Å². The molecular weight excluding hydrogens is 420 g/mol. The molecule has 6 nitrogen and oxygen atoms in total. The van der Waals surface area contributed by atoms with E-state index in [0.29, 0.717) is 43.3 Å². The van der Waals surface area contributed by atoms with Gasteiger partial charge in [-0.25, -0.2) is 22.5 Å². The van der Waals surface area contributed by atoms with Gasteiger partial charge in [0.15, 0.2) is 5.69 Å². The number of ether oxygens (including phenoxy) is 1. The number of aromatic nitrogens is 1. The Labute approximate surface area is 175 Å². The molecule has 0 fully saturated rings. The first-order valence-corrected chi connectivity index (χ1v) is 12.2. The molecule has 28 heavy (non-hydrogen) atoms. The molecule has 1 aromatic heterocycles. The highest BCUT2D eigenvalue weighted by molar-refractivity contribution is 7.88. The fourth-order valence-corrected chi connectivity index (χ4v) is 4.67. The number of nitrogens with zero attached hydrogens (tertiary/aromatic N) is 2. The van der Waals surface area contributed by atoms with Crippen molar-refractivity contribution < 1.29 is 17.9 Å². The van der Waals surface area contributed by atoms with Crippen molar-refractivity contribution in [1.29, 1.82) is 0 Å². The van der Waals surface area contributed by atoms with Crippen molar-refractivity contribution in [3.63, 3.8) is 0 Å². The Hall–Kier alpha value is -1.48. The van der Waals surface area contributed by atoms with E-state index in [1.807, 2.05) is 24.3 Å². The maximum atomic E-state index is 12.1. The fourth-order valence-electron chi connectivity index (χ4n) is 2.73. The zero-order chi connectivity index (χ0) is 20.6. The van der Waals surface area contributed by atoms with Crippen molar-refractivity contribution in [3.8, 4) is 0 Å². The molecule has 0 N–H and O–H groups in total. The van der Waals surface area contributed by atoms with Crippen LogP contribution in [0.15, 0.2) is 29.6 Å². The largest absolute Gasteiger partial charge is 0.461 e. The molecule has 0 aliphatic carbocycles. The highest BCUT2D eigenvalue weighted by atomic mass is 35.5. The number of aryl methyl sites for hydroxylation is 2. The van der Waals surface area contributed by atoms with E-state index in [9.17, 15) is 13.2 Å². The zero-order valence-electron chi connectivity index (χ0n) is 16.1. The first kappa shape index (κ1) is 22.8. The zero-order valence-corrected chi connectivity index (χ0v) is 18.4. The van der Waals surface area contributed by atoms with Gasteiger partial charge in [-0.15, -0.1) is 11.3 Å². The number of rotatable bonds is 11. The number of halogens is 1. The minimum atomic E-state index is -3.28. The third-order valence-corrected chi connectivity index (χ3v) is 6.51. The highest BCUT2D eigenvalue weighted by Gasteiger charge is 2.17. The van der Waals surface area contributed by atoms with Gasteiger partial charge in [-0.05, 0) is 43.9 Å². The summed E-state index contributed by atoms with van der Waals surface area (Å²) in [7, 11) is -3.28. The monoisotopic (exact) mass is 444 g/mol. The lowest BCUT2D eigenvalue weighted by Gasteiger charge is -2.19. The van der Waals surface area contributed by atoms with Crippen LogP contribution in [0, 0.1) is 0 Å². The van der Waals surface area contributed by atoms with E-state index in [1.165, 1.54) is 21.9 Å². The molecular formula is C19H25ClN2O4S2. The number of carbonyl (C=O) groups excluding carboxylic acids is 1. The maximum Gasteiger partial charge on any atom is 0.357 e. The molecule has 0 unspecified atom stereocenters. The second kappa shape index (κ2) is 10.9. The Morgan fingerprint density at radius 3 is 2.61 bits per heavy atom. The molecule has 0 amide bonds. The summed E-state index contributed by atoms with van der Waals surface area (Å²) in [5, 5.41) is 3.16. The molecule has 0 radical (unpaired) electrons. The summed E-state index contributed by atoms with van der Waals surface area (Å²) in [6.07, 6.45) is 3.97. The van der Waals surface area contributed by atoms with Gasteiger partial charge in [0.1, 0.15) is 0 Å². The van der Waals surface area contributed by atoms with Gasteiger partial charge in [-0.1, -0.05) is 23.7 Å². The molecule has 0 spiro atoms. The van der Waals surface area contributed by atoms with Crippen LogP contribution in [-0.4, -0.2) is 49.6 Å². The smallest absolute Gasteiger partial charge is 0.357 e. The van der Waals surface area contributed by atoms with E-state index in [0.717, 1.165) is 23.4 Å². The van der Waals surface area contributed by atoms with E-state index in [2.05, 4.69) is 4.98 Å². The topological polar surface area (TPSA) is 76.6 Å². The minimum Gasteiger partial charge on any atom is -0.461 e. The molecule has 154 valence electrons. The summed E-state index contributed by atoms with van der Waals surface area (Å²) in [5.41, 5.74) is 1.40. The number of hydrogen-bond donors (Lipinski definition) is 0. The van der Waals surface area contributed by atoms with Gasteiger partial charge in [0.05, 0.1) is 17.9 Å². The normalized spacial score (nSPS) is 11.7. The van der Waals surface area contributed by atoms with Crippen molar-refractivity contribution in [2.45, 2.75) is 32.6 Å². The highest BCUT2D eigenvalue weighted by Crippen LogP contribution is 2.15. The van der Waals surface area contributed by atoms with Crippen molar-refractivity contribution in [2.75, 3.05) is 26.0 Å². The van der Waals surface area contributed by atoms with Crippen LogP contribution in [0.25, 0.3) is 0 Å². The summed E-state index contributed by atoms with van der Waals surface area (Å²) in [6, 6.07) is 7.60. The van der Waals surface area contributed by atoms with E-state index in [4.69, 9.17) is 16.3 Å². The Morgan fingerprint density at radius 1 is 1.25 bits per heavy atom. The number of carbonyl (C=O) groups is 1. The van der Waals surface area contributed by atoms with Crippen LogP contribution < -0.4 is 0 Å². The molecule has 0 aliphatic heterocycles. The van der Waals surface area contributed by atoms with E-state index in [-0.39, 0.29) is 0 Å². The van der Waals surface area contributed by atoms with Gasteiger partial charge in [-0.2, -0.15) is 0 Å². The van der Waals surface area contributed by atoms with Gasteiger partial charge in [-0.3, -0.25) is 0 Å². The van der Waals surface area contributed by atoms with Gasteiger partial charge in [0, 0.05) is 29.9 Å². The first-order chi connectivity index (χ1) is 13.3. The molecule has 1 heterocycles. The van der Waals surface area contributed by atoms with Crippen LogP contribution in [0.2, 0.25) is 5.02 Å². The van der Waals surface area contributed by atoms with Crippen LogP contribution in [0.1, 0.15) is 40.8 Å². The number of sulfonamides is 1. The van der Waals surface area contributed by atoms with Gasteiger partial charge in [0.2, 0.25) is 10.0 Å². The quantitative estimate of drug-likeness (QED) is 0.492. The molecule has 0 saturated heterocycles. The summed E-state index contributed by atoms with van der Waals surface area (Å²) in [6.45, 7) is 2.93. The lowest BCUT2D eigenvalue weighted by Crippen LogP contribution is -2.32. The predicted molar refractivity (Wildman–Crippen MR) is 113 cm³/mol. The van der Waals surface area contributed by atoms with Crippen LogP contribution in [0.4, 0.5) is 0 Å². The van der Waals surface area contributed by atoms with E-state index >= 15 is 0 Å². The standard InChI is InChI=1S/C19H25ClN2O4S2/c1-3-26-19(23)17-14-27-18(21-17)10-6-12-22(28(2,24)25)11-5-8-15-7-4-9-16(20)13-15/h4,7,9,13-14H,3,5-6,8,10-12H2,1-2H3. The van der Waals surface area contributed by atoms with Crippen molar-refractivity contribution in [2.24, 2.45) is 0 Å². The second-order valence-corrected chi connectivity index (χ2v) is 9.71. The molecule has 2 rings (SSSR count). The van der Waals surface area contributed by atoms with Gasteiger partial charge >= 0.3 is 5.97 Å². The average molecular weight is 445 g/mol. The van der Waals surface area contributed by atoms with Crippen LogP contribution in [-0.2, 0) is 27.6 Å². The molecule has 1 aromatic carbocycles. The molecule has 0 saturated carbocycles. The van der Waals surface area contributed by atoms with Gasteiger partial charge < -0.3 is 4.74 Å². The molecule has 2 aromatic rings. The molecule has 0 atom stereocenters. The third-order valence-electron chi connectivity index (χ3n) is 4.07. The maximum absolute atomic E-state index is 12.1. The molecule has 9 heteroatoms. The van der Waals surface area contributed by atoms with Crippen LogP contribution in [0.3, 0.4) is 0 Å². The Morgan fingerprint density at radius 2 is 1.96 bits per heavy atom. The predicted octanol–water partition coefficient (Wildman–Crippen LogP) is 3.80. The number of esters is 1. The second-order valence-electron chi connectivity index (χ2n) is 6.35. The van der Waals surface area contributed by atoms with Crippen molar-refractivity contribution in [3.05, 3.63) is 50.9 Å². The number of hydrogen-bond acceptors (Lipinski definition) is 6. The Bertz CT molecular complexity index is 884. The lowest BCUT2D eigenvalue weighted by molar-refractivity contribution is 0.0520. The Balaban J connectivity index is 1.83.